The van der Waals surface area contributed by atoms with Gasteiger partial charge in [-0.1, -0.05) is 11.8 Å². The number of ether oxygens (including phenoxy) is 2. The van der Waals surface area contributed by atoms with E-state index in [1.165, 1.54) is 11.8 Å². The Labute approximate surface area is 126 Å². The Morgan fingerprint density at radius 3 is 2.76 bits per heavy atom. The van der Waals surface area contributed by atoms with E-state index in [2.05, 4.69) is 15.2 Å². The number of thioether (sulfide) groups is 1. The van der Waals surface area contributed by atoms with Crippen molar-refractivity contribution in [3.63, 3.8) is 0 Å². The van der Waals surface area contributed by atoms with Crippen LogP contribution in [-0.2, 0) is 4.79 Å². The summed E-state index contributed by atoms with van der Waals surface area (Å²) in [6.07, 6.45) is 0. The van der Waals surface area contributed by atoms with Crippen LogP contribution < -0.4 is 15.2 Å². The normalized spacial score (nSPS) is 12.0. The lowest BCUT2D eigenvalue weighted by atomic mass is 10.2. The maximum atomic E-state index is 11.1. The van der Waals surface area contributed by atoms with E-state index in [0.29, 0.717) is 22.5 Å². The molecule has 1 aromatic carbocycles. The number of primary amides is 1. The van der Waals surface area contributed by atoms with Crippen LogP contribution in [0.3, 0.4) is 0 Å². The van der Waals surface area contributed by atoms with E-state index in [1.54, 1.807) is 33.3 Å². The number of carbonyl (C=O) groups excluding carboxylic acids is 1. The molecule has 0 unspecified atom stereocenters. The molecule has 0 radical (unpaired) electrons. The minimum atomic E-state index is -0.409. The van der Waals surface area contributed by atoms with E-state index in [9.17, 15) is 4.79 Å². The van der Waals surface area contributed by atoms with Gasteiger partial charge in [0.25, 0.3) is 0 Å². The molecule has 0 spiro atoms. The van der Waals surface area contributed by atoms with Crippen molar-refractivity contribution in [2.24, 2.45) is 5.73 Å². The lowest BCUT2D eigenvalue weighted by molar-refractivity contribution is -0.117. The van der Waals surface area contributed by atoms with Crippen molar-refractivity contribution in [1.29, 1.82) is 0 Å². The molecule has 0 bridgehead atoms. The lowest BCUT2D eigenvalue weighted by Gasteiger charge is -2.07. The minimum Gasteiger partial charge on any atom is -0.497 e. The number of nitrogens with one attached hydrogen (secondary N) is 1. The molecule has 0 saturated heterocycles. The molecule has 0 aliphatic carbocycles. The number of rotatable bonds is 6. The monoisotopic (exact) mass is 308 g/mol. The van der Waals surface area contributed by atoms with Gasteiger partial charge in [0.1, 0.15) is 11.5 Å². The van der Waals surface area contributed by atoms with Gasteiger partial charge in [0, 0.05) is 6.07 Å². The SMILES string of the molecule is COc1ccc(-c2nc(S[C@H](C)C(N)=O)n[nH]2)c(OC)c1. The van der Waals surface area contributed by atoms with E-state index in [0.717, 1.165) is 5.56 Å². The third-order valence-electron chi connectivity index (χ3n) is 2.81. The maximum Gasteiger partial charge on any atom is 0.230 e. The fraction of sp³-hybridized carbons (Fsp3) is 0.308. The van der Waals surface area contributed by atoms with Gasteiger partial charge in [0.05, 0.1) is 25.0 Å². The van der Waals surface area contributed by atoms with Gasteiger partial charge in [-0.3, -0.25) is 9.89 Å². The number of amides is 1. The number of aromatic nitrogens is 3. The number of nitrogens with two attached hydrogens (primary N) is 1. The quantitative estimate of drug-likeness (QED) is 0.783. The average molecular weight is 308 g/mol. The summed E-state index contributed by atoms with van der Waals surface area (Å²) in [7, 11) is 3.16. The summed E-state index contributed by atoms with van der Waals surface area (Å²) in [6, 6.07) is 5.39. The zero-order chi connectivity index (χ0) is 15.4. The fourth-order valence-electron chi connectivity index (χ4n) is 1.63. The summed E-state index contributed by atoms with van der Waals surface area (Å²) >= 11 is 1.19. The number of methoxy groups -OCH3 is 2. The lowest BCUT2D eigenvalue weighted by Crippen LogP contribution is -2.22. The van der Waals surface area contributed by atoms with Gasteiger partial charge in [0.15, 0.2) is 5.82 Å². The molecule has 0 aliphatic rings. The van der Waals surface area contributed by atoms with Crippen molar-refractivity contribution in [3.05, 3.63) is 18.2 Å². The molecule has 112 valence electrons. The Morgan fingerprint density at radius 2 is 2.14 bits per heavy atom. The van der Waals surface area contributed by atoms with E-state index in [4.69, 9.17) is 15.2 Å². The molecule has 8 heteroatoms. The smallest absolute Gasteiger partial charge is 0.230 e. The van der Waals surface area contributed by atoms with Crippen LogP contribution in [-0.4, -0.2) is 40.6 Å². The van der Waals surface area contributed by atoms with Crippen LogP contribution >= 0.6 is 11.8 Å². The molecule has 1 amide bonds. The van der Waals surface area contributed by atoms with E-state index < -0.39 is 11.2 Å². The van der Waals surface area contributed by atoms with Crippen molar-refractivity contribution in [3.8, 4) is 22.9 Å². The molecular formula is C13H16N4O3S. The summed E-state index contributed by atoms with van der Waals surface area (Å²) in [5.41, 5.74) is 5.97. The van der Waals surface area contributed by atoms with Gasteiger partial charge < -0.3 is 15.2 Å². The number of H-pyrrole nitrogens is 1. The highest BCUT2D eigenvalue weighted by atomic mass is 32.2. The number of hydrogen-bond acceptors (Lipinski definition) is 6. The first-order valence-electron chi connectivity index (χ1n) is 6.16. The molecule has 1 heterocycles. The van der Waals surface area contributed by atoms with Crippen molar-refractivity contribution < 1.29 is 14.3 Å². The first kappa shape index (κ1) is 15.2. The van der Waals surface area contributed by atoms with Crippen LogP contribution in [0.2, 0.25) is 0 Å². The molecule has 1 atom stereocenters. The highest BCUT2D eigenvalue weighted by molar-refractivity contribution is 8.00. The van der Waals surface area contributed by atoms with Crippen LogP contribution in [0.15, 0.2) is 23.4 Å². The molecule has 7 nitrogen and oxygen atoms in total. The van der Waals surface area contributed by atoms with Crippen LogP contribution in [0.25, 0.3) is 11.4 Å². The molecular weight excluding hydrogens is 292 g/mol. The first-order chi connectivity index (χ1) is 10.0. The average Bonchev–Trinajstić information content (AvgIpc) is 2.94. The Bertz CT molecular complexity index is 644. The predicted molar refractivity (Wildman–Crippen MR) is 79.4 cm³/mol. The first-order valence-corrected chi connectivity index (χ1v) is 7.04. The topological polar surface area (TPSA) is 103 Å². The van der Waals surface area contributed by atoms with Gasteiger partial charge in [-0.15, -0.1) is 5.10 Å². The molecule has 0 saturated carbocycles. The van der Waals surface area contributed by atoms with Gasteiger partial charge in [0.2, 0.25) is 11.1 Å². The Morgan fingerprint density at radius 1 is 1.38 bits per heavy atom. The van der Waals surface area contributed by atoms with Crippen molar-refractivity contribution in [2.45, 2.75) is 17.3 Å². The number of benzene rings is 1. The van der Waals surface area contributed by atoms with Gasteiger partial charge in [-0.2, -0.15) is 0 Å². The van der Waals surface area contributed by atoms with Crippen LogP contribution in [0, 0.1) is 0 Å². The van der Waals surface area contributed by atoms with Crippen molar-refractivity contribution in [2.75, 3.05) is 14.2 Å². The zero-order valence-electron chi connectivity index (χ0n) is 11.9. The number of aromatic amines is 1. The van der Waals surface area contributed by atoms with E-state index >= 15 is 0 Å². The summed E-state index contributed by atoms with van der Waals surface area (Å²) in [5.74, 6) is 1.44. The van der Waals surface area contributed by atoms with Crippen molar-refractivity contribution >= 4 is 17.7 Å². The summed E-state index contributed by atoms with van der Waals surface area (Å²) in [4.78, 5) is 15.4. The molecule has 0 fully saturated rings. The summed E-state index contributed by atoms with van der Waals surface area (Å²) in [5, 5.41) is 6.94. The van der Waals surface area contributed by atoms with Gasteiger partial charge >= 0.3 is 0 Å². The maximum absolute atomic E-state index is 11.1. The third kappa shape index (κ3) is 3.46. The largest absolute Gasteiger partial charge is 0.497 e. The molecule has 3 N–H and O–H groups in total. The van der Waals surface area contributed by atoms with Crippen molar-refractivity contribution in [1.82, 2.24) is 15.2 Å². The standard InChI is InChI=1S/C13H16N4O3S/c1-7(11(14)18)21-13-15-12(16-17-13)9-5-4-8(19-2)6-10(9)20-3/h4-7H,1-3H3,(H2,14,18)(H,15,16,17)/t7-/m1/s1. The molecule has 0 aliphatic heterocycles. The Hall–Kier alpha value is -2.22. The van der Waals surface area contributed by atoms with Crippen LogP contribution in [0.5, 0.6) is 11.5 Å². The molecule has 2 rings (SSSR count). The number of hydrogen-bond donors (Lipinski definition) is 2. The van der Waals surface area contributed by atoms with E-state index in [-0.39, 0.29) is 0 Å². The molecule has 2 aromatic rings. The van der Waals surface area contributed by atoms with Gasteiger partial charge in [-0.25, -0.2) is 4.98 Å². The second kappa shape index (κ2) is 6.49. The molecule has 1 aromatic heterocycles. The number of carbonyl (C=O) groups is 1. The van der Waals surface area contributed by atoms with E-state index in [1.807, 2.05) is 6.07 Å². The third-order valence-corrected chi connectivity index (χ3v) is 3.79. The zero-order valence-corrected chi connectivity index (χ0v) is 12.7. The number of nitrogens with zero attached hydrogens (tertiary/aromatic N) is 2. The minimum absolute atomic E-state index is 0.397. The fourth-order valence-corrected chi connectivity index (χ4v) is 2.30. The predicted octanol–water partition coefficient (Wildman–Crippen LogP) is 1.45. The second-order valence-corrected chi connectivity index (χ2v) is 5.50. The summed E-state index contributed by atoms with van der Waals surface area (Å²) in [6.45, 7) is 1.71. The van der Waals surface area contributed by atoms with Crippen LogP contribution in [0.1, 0.15) is 6.92 Å². The highest BCUT2D eigenvalue weighted by Gasteiger charge is 2.16. The molecule has 21 heavy (non-hydrogen) atoms. The second-order valence-electron chi connectivity index (χ2n) is 4.20. The highest BCUT2D eigenvalue weighted by Crippen LogP contribution is 2.32. The van der Waals surface area contributed by atoms with Gasteiger partial charge in [-0.05, 0) is 19.1 Å². The Balaban J connectivity index is 2.27. The Kier molecular flexibility index (Phi) is 4.69. The summed E-state index contributed by atoms with van der Waals surface area (Å²) < 4.78 is 10.5. The van der Waals surface area contributed by atoms with Crippen LogP contribution in [0.4, 0.5) is 0 Å².